The zero-order valence-corrected chi connectivity index (χ0v) is 17.5. The summed E-state index contributed by atoms with van der Waals surface area (Å²) < 4.78 is 20.2. The largest absolute Gasteiger partial charge is 0.460 e. The SMILES string of the molecule is COCCOC(=O)C1=C(C)NC(N)=C(C(=O)OCCOC)C1c1cccc([N+](=O)[O-])c1. The average molecular weight is 435 g/mol. The minimum absolute atomic E-state index is 0.0133. The highest BCUT2D eigenvalue weighted by Crippen LogP contribution is 2.39. The molecule has 1 aromatic rings. The normalized spacial score (nSPS) is 16.0. The number of allylic oxidation sites excluding steroid dienone is 1. The van der Waals surface area contributed by atoms with Crippen LogP contribution in [-0.4, -0.2) is 57.5 Å². The van der Waals surface area contributed by atoms with Crippen molar-refractivity contribution in [1.82, 2.24) is 5.32 Å². The molecule has 0 bridgehead atoms. The van der Waals surface area contributed by atoms with Crippen LogP contribution in [0.5, 0.6) is 0 Å². The smallest absolute Gasteiger partial charge is 0.338 e. The predicted octanol–water partition coefficient (Wildman–Crippen LogP) is 1.11. The number of nitrogens with zero attached hydrogens (tertiary/aromatic N) is 1. The summed E-state index contributed by atoms with van der Waals surface area (Å²) in [5.74, 6) is -2.56. The summed E-state index contributed by atoms with van der Waals surface area (Å²) in [5, 5.41) is 14.1. The zero-order valence-electron chi connectivity index (χ0n) is 17.5. The van der Waals surface area contributed by atoms with Crippen molar-refractivity contribution in [2.24, 2.45) is 5.73 Å². The number of esters is 2. The van der Waals surface area contributed by atoms with E-state index in [9.17, 15) is 19.7 Å². The van der Waals surface area contributed by atoms with Crippen LogP contribution in [0.3, 0.4) is 0 Å². The number of benzene rings is 1. The lowest BCUT2D eigenvalue weighted by atomic mass is 9.81. The molecule has 1 atom stereocenters. The van der Waals surface area contributed by atoms with Crippen LogP contribution >= 0.6 is 0 Å². The lowest BCUT2D eigenvalue weighted by Crippen LogP contribution is -2.36. The lowest BCUT2D eigenvalue weighted by molar-refractivity contribution is -0.384. The number of methoxy groups -OCH3 is 2. The molecule has 0 fully saturated rings. The molecule has 1 unspecified atom stereocenters. The number of rotatable bonds is 10. The van der Waals surface area contributed by atoms with Crippen LogP contribution in [0.4, 0.5) is 5.69 Å². The van der Waals surface area contributed by atoms with Gasteiger partial charge in [-0.2, -0.15) is 0 Å². The predicted molar refractivity (Wildman–Crippen MR) is 109 cm³/mol. The van der Waals surface area contributed by atoms with Crippen molar-refractivity contribution >= 4 is 17.6 Å². The van der Waals surface area contributed by atoms with Gasteiger partial charge in [0.25, 0.3) is 5.69 Å². The molecule has 1 aliphatic rings. The molecule has 11 nitrogen and oxygen atoms in total. The molecular formula is C20H25N3O8. The van der Waals surface area contributed by atoms with Gasteiger partial charge in [0, 0.05) is 32.0 Å². The number of nitro groups is 1. The van der Waals surface area contributed by atoms with Gasteiger partial charge in [-0.3, -0.25) is 10.1 Å². The quantitative estimate of drug-likeness (QED) is 0.236. The second-order valence-electron chi connectivity index (χ2n) is 6.53. The third-order valence-corrected chi connectivity index (χ3v) is 4.49. The molecule has 0 saturated heterocycles. The highest BCUT2D eigenvalue weighted by atomic mass is 16.6. The molecule has 11 heteroatoms. The molecule has 0 aliphatic carbocycles. The Balaban J connectivity index is 2.54. The Hall–Kier alpha value is -3.44. The minimum Gasteiger partial charge on any atom is -0.460 e. The highest BCUT2D eigenvalue weighted by Gasteiger charge is 2.39. The molecule has 0 amide bonds. The van der Waals surface area contributed by atoms with E-state index in [1.54, 1.807) is 13.0 Å². The summed E-state index contributed by atoms with van der Waals surface area (Å²) in [4.78, 5) is 36.4. The Kier molecular flexibility index (Phi) is 8.53. The molecule has 0 radical (unpaired) electrons. The Morgan fingerprint density at radius 1 is 1.06 bits per heavy atom. The Labute approximate surface area is 178 Å². The van der Waals surface area contributed by atoms with Gasteiger partial charge in [0.05, 0.1) is 35.2 Å². The number of hydrogen-bond acceptors (Lipinski definition) is 10. The van der Waals surface area contributed by atoms with Gasteiger partial charge >= 0.3 is 11.9 Å². The standard InChI is InChI=1S/C20H25N3O8/c1-12-15(19(24)30-9-7-28-2)16(13-5-4-6-14(11-13)23(26)27)17(18(21)22-12)20(25)31-10-8-29-3/h4-6,11,16,22H,7-10,21H2,1-3H3. The summed E-state index contributed by atoms with van der Waals surface area (Å²) in [5.41, 5.74) is 6.58. The van der Waals surface area contributed by atoms with E-state index < -0.39 is 22.8 Å². The molecule has 0 spiro atoms. The molecule has 0 aromatic heterocycles. The summed E-state index contributed by atoms with van der Waals surface area (Å²) in [7, 11) is 2.92. The van der Waals surface area contributed by atoms with Crippen LogP contribution in [0, 0.1) is 10.1 Å². The number of nitrogens with two attached hydrogens (primary N) is 1. The van der Waals surface area contributed by atoms with Crippen molar-refractivity contribution in [1.29, 1.82) is 0 Å². The maximum Gasteiger partial charge on any atom is 0.338 e. The number of carbonyl (C=O) groups is 2. The van der Waals surface area contributed by atoms with E-state index in [-0.39, 0.29) is 49.1 Å². The minimum atomic E-state index is -1.04. The fourth-order valence-electron chi connectivity index (χ4n) is 3.09. The van der Waals surface area contributed by atoms with Gasteiger partial charge in [-0.05, 0) is 12.5 Å². The van der Waals surface area contributed by atoms with Crippen LogP contribution in [0.2, 0.25) is 0 Å². The molecular weight excluding hydrogens is 410 g/mol. The van der Waals surface area contributed by atoms with Gasteiger partial charge in [-0.25, -0.2) is 9.59 Å². The molecule has 168 valence electrons. The van der Waals surface area contributed by atoms with Crippen molar-refractivity contribution in [3.05, 3.63) is 62.6 Å². The van der Waals surface area contributed by atoms with E-state index in [0.29, 0.717) is 11.3 Å². The van der Waals surface area contributed by atoms with E-state index in [0.717, 1.165) is 0 Å². The van der Waals surface area contributed by atoms with Crippen LogP contribution in [0.1, 0.15) is 18.4 Å². The van der Waals surface area contributed by atoms with Crippen LogP contribution in [0.15, 0.2) is 46.9 Å². The number of dihydropyridines is 1. The molecule has 1 aromatic carbocycles. The van der Waals surface area contributed by atoms with Crippen molar-refractivity contribution in [2.45, 2.75) is 12.8 Å². The highest BCUT2D eigenvalue weighted by molar-refractivity contribution is 5.99. The summed E-state index contributed by atoms with van der Waals surface area (Å²) in [6.45, 7) is 1.88. The second-order valence-corrected chi connectivity index (χ2v) is 6.53. The number of hydrogen-bond donors (Lipinski definition) is 2. The van der Waals surface area contributed by atoms with Crippen LogP contribution in [-0.2, 0) is 28.5 Å². The first kappa shape index (κ1) is 23.8. The molecule has 2 rings (SSSR count). The second kappa shape index (κ2) is 11.1. The van der Waals surface area contributed by atoms with E-state index >= 15 is 0 Å². The Morgan fingerprint density at radius 3 is 2.19 bits per heavy atom. The van der Waals surface area contributed by atoms with E-state index in [1.807, 2.05) is 0 Å². The van der Waals surface area contributed by atoms with E-state index in [2.05, 4.69) is 5.32 Å². The number of nitrogens with one attached hydrogen (secondary N) is 1. The van der Waals surface area contributed by atoms with E-state index in [4.69, 9.17) is 24.7 Å². The van der Waals surface area contributed by atoms with Crippen molar-refractivity contribution < 1.29 is 33.5 Å². The summed E-state index contributed by atoms with van der Waals surface area (Å²) in [6, 6.07) is 5.61. The number of carbonyl (C=O) groups excluding carboxylic acids is 2. The van der Waals surface area contributed by atoms with Gasteiger partial charge < -0.3 is 30.0 Å². The maximum atomic E-state index is 12.9. The Bertz CT molecular complexity index is 865. The molecule has 3 N–H and O–H groups in total. The zero-order chi connectivity index (χ0) is 23.0. The summed E-state index contributed by atoms with van der Waals surface area (Å²) >= 11 is 0. The van der Waals surface area contributed by atoms with Gasteiger partial charge in [-0.1, -0.05) is 12.1 Å². The van der Waals surface area contributed by atoms with Crippen LogP contribution < -0.4 is 11.1 Å². The fraction of sp³-hybridized carbons (Fsp3) is 0.400. The fourth-order valence-corrected chi connectivity index (χ4v) is 3.09. The van der Waals surface area contributed by atoms with Gasteiger partial charge in [0.2, 0.25) is 0 Å². The average Bonchev–Trinajstić information content (AvgIpc) is 2.73. The van der Waals surface area contributed by atoms with Gasteiger partial charge in [0.1, 0.15) is 19.0 Å². The lowest BCUT2D eigenvalue weighted by Gasteiger charge is -2.30. The van der Waals surface area contributed by atoms with Gasteiger partial charge in [-0.15, -0.1) is 0 Å². The maximum absolute atomic E-state index is 12.9. The third kappa shape index (κ3) is 5.80. The number of non-ortho nitro benzene ring substituents is 1. The molecule has 0 saturated carbocycles. The molecule has 1 heterocycles. The topological polar surface area (TPSA) is 152 Å². The van der Waals surface area contributed by atoms with Crippen molar-refractivity contribution in [3.8, 4) is 0 Å². The third-order valence-electron chi connectivity index (χ3n) is 4.49. The van der Waals surface area contributed by atoms with Crippen molar-refractivity contribution in [3.63, 3.8) is 0 Å². The van der Waals surface area contributed by atoms with Crippen LogP contribution in [0.25, 0.3) is 0 Å². The Morgan fingerprint density at radius 2 is 1.65 bits per heavy atom. The number of ether oxygens (including phenoxy) is 4. The summed E-state index contributed by atoms with van der Waals surface area (Å²) in [6.07, 6.45) is 0. The van der Waals surface area contributed by atoms with Gasteiger partial charge in [0.15, 0.2) is 0 Å². The van der Waals surface area contributed by atoms with E-state index in [1.165, 1.54) is 32.4 Å². The monoisotopic (exact) mass is 435 g/mol. The first-order valence-electron chi connectivity index (χ1n) is 9.35. The first-order valence-corrected chi connectivity index (χ1v) is 9.35. The molecule has 31 heavy (non-hydrogen) atoms. The molecule has 1 aliphatic heterocycles. The van der Waals surface area contributed by atoms with Crippen molar-refractivity contribution in [2.75, 3.05) is 40.6 Å². The number of nitro benzene ring substituents is 1. The first-order chi connectivity index (χ1) is 14.8.